The normalized spacial score (nSPS) is 11.5. The predicted molar refractivity (Wildman–Crippen MR) is 118 cm³/mol. The van der Waals surface area contributed by atoms with Gasteiger partial charge in [-0.05, 0) is 60.7 Å². The van der Waals surface area contributed by atoms with Crippen molar-refractivity contribution in [3.63, 3.8) is 0 Å². The summed E-state index contributed by atoms with van der Waals surface area (Å²) >= 11 is 0. The van der Waals surface area contributed by atoms with E-state index in [2.05, 4.69) is 10.6 Å². The molecule has 3 aromatic carbocycles. The van der Waals surface area contributed by atoms with E-state index in [0.717, 1.165) is 10.5 Å². The average Bonchev–Trinajstić information content (AvgIpc) is 2.74. The molecule has 0 aliphatic heterocycles. The molecule has 3 rings (SSSR count). The molecule has 0 heterocycles. The number of anilines is 2. The molecule has 2 amide bonds. The molecule has 1 atom stereocenters. The largest absolute Gasteiger partial charge is 0.497 e. The molecule has 0 saturated heterocycles. The number of likely N-dealkylation sites (N-methyl/N-ethyl adjacent to an activating group) is 1. The van der Waals surface area contributed by atoms with Gasteiger partial charge in [-0.3, -0.25) is 9.59 Å². The Hall–Kier alpha value is -3.71. The minimum absolute atomic E-state index is 0.163. The summed E-state index contributed by atoms with van der Waals surface area (Å²) in [5.74, 6) is 0.0130. The van der Waals surface area contributed by atoms with E-state index in [9.17, 15) is 14.0 Å². The first-order chi connectivity index (χ1) is 14.9. The van der Waals surface area contributed by atoms with Crippen LogP contribution in [0.2, 0.25) is 0 Å². The van der Waals surface area contributed by atoms with Crippen molar-refractivity contribution in [2.75, 3.05) is 31.3 Å². The van der Waals surface area contributed by atoms with Crippen molar-refractivity contribution in [1.29, 1.82) is 0 Å². The van der Waals surface area contributed by atoms with Crippen molar-refractivity contribution >= 4 is 23.2 Å². The van der Waals surface area contributed by atoms with Crippen LogP contribution in [0, 0.1) is 5.82 Å². The van der Waals surface area contributed by atoms with Crippen LogP contribution in [0.15, 0.2) is 72.8 Å². The van der Waals surface area contributed by atoms with Crippen molar-refractivity contribution in [3.8, 4) is 5.75 Å². The maximum atomic E-state index is 13.3. The summed E-state index contributed by atoms with van der Waals surface area (Å²) in [5.41, 5.74) is 2.57. The molecule has 0 radical (unpaired) electrons. The molecule has 0 spiro atoms. The molecule has 0 aromatic heterocycles. The van der Waals surface area contributed by atoms with Crippen LogP contribution in [0.4, 0.5) is 15.8 Å². The Balaban J connectivity index is 1.50. The third-order valence-electron chi connectivity index (χ3n) is 4.64. The molecular formula is C24H25FN3O3+. The Morgan fingerprint density at radius 3 is 2.23 bits per heavy atom. The molecule has 31 heavy (non-hydrogen) atoms. The highest BCUT2D eigenvalue weighted by atomic mass is 19.1. The lowest BCUT2D eigenvalue weighted by atomic mass is 10.2. The van der Waals surface area contributed by atoms with Gasteiger partial charge in [0.2, 0.25) is 0 Å². The second-order valence-corrected chi connectivity index (χ2v) is 7.25. The minimum atomic E-state index is -0.286. The summed E-state index contributed by atoms with van der Waals surface area (Å²) in [5, 5.41) is 5.63. The van der Waals surface area contributed by atoms with Gasteiger partial charge in [0.25, 0.3) is 11.8 Å². The van der Waals surface area contributed by atoms with Crippen LogP contribution in [-0.2, 0) is 11.3 Å². The van der Waals surface area contributed by atoms with Crippen LogP contribution < -0.4 is 20.3 Å². The van der Waals surface area contributed by atoms with E-state index in [0.29, 0.717) is 29.2 Å². The topological polar surface area (TPSA) is 71.9 Å². The number of hydrogen-bond acceptors (Lipinski definition) is 3. The van der Waals surface area contributed by atoms with E-state index in [1.54, 1.807) is 61.7 Å². The zero-order valence-electron chi connectivity index (χ0n) is 17.4. The van der Waals surface area contributed by atoms with Crippen LogP contribution in [0.1, 0.15) is 15.9 Å². The van der Waals surface area contributed by atoms with Crippen LogP contribution in [-0.4, -0.2) is 32.5 Å². The van der Waals surface area contributed by atoms with Crippen molar-refractivity contribution in [3.05, 3.63) is 89.7 Å². The minimum Gasteiger partial charge on any atom is -0.497 e. The zero-order chi connectivity index (χ0) is 22.2. The number of halogens is 1. The van der Waals surface area contributed by atoms with Gasteiger partial charge in [0.15, 0.2) is 6.54 Å². The molecule has 3 N–H and O–H groups in total. The molecule has 7 heteroatoms. The van der Waals surface area contributed by atoms with E-state index < -0.39 is 0 Å². The third-order valence-corrected chi connectivity index (χ3v) is 4.64. The smallest absolute Gasteiger partial charge is 0.279 e. The maximum Gasteiger partial charge on any atom is 0.279 e. The van der Waals surface area contributed by atoms with E-state index in [1.807, 2.05) is 13.1 Å². The number of quaternary nitrogens is 1. The van der Waals surface area contributed by atoms with E-state index in [1.165, 1.54) is 12.1 Å². The number of methoxy groups -OCH3 is 1. The summed E-state index contributed by atoms with van der Waals surface area (Å²) in [4.78, 5) is 25.6. The monoisotopic (exact) mass is 422 g/mol. The van der Waals surface area contributed by atoms with Gasteiger partial charge in [0, 0.05) is 22.5 Å². The Kier molecular flexibility index (Phi) is 7.35. The molecule has 0 fully saturated rings. The molecule has 0 aliphatic rings. The Morgan fingerprint density at radius 2 is 1.58 bits per heavy atom. The van der Waals surface area contributed by atoms with E-state index >= 15 is 0 Å². The van der Waals surface area contributed by atoms with Gasteiger partial charge in [-0.25, -0.2) is 4.39 Å². The lowest BCUT2D eigenvalue weighted by molar-refractivity contribution is -0.885. The second-order valence-electron chi connectivity index (χ2n) is 7.25. The highest BCUT2D eigenvalue weighted by Crippen LogP contribution is 2.16. The highest BCUT2D eigenvalue weighted by molar-refractivity contribution is 6.04. The maximum absolute atomic E-state index is 13.3. The fraction of sp³-hybridized carbons (Fsp3) is 0.167. The number of carbonyl (C=O) groups excluding carboxylic acids is 2. The molecule has 160 valence electrons. The number of rotatable bonds is 8. The quantitative estimate of drug-likeness (QED) is 0.523. The SMILES string of the molecule is COc1ccc(NC(=O)c2ccc(NC(=O)C[NH+](C)Cc3cccc(F)c3)cc2)cc1. The van der Waals surface area contributed by atoms with E-state index in [4.69, 9.17) is 4.74 Å². The zero-order valence-corrected chi connectivity index (χ0v) is 17.4. The molecular weight excluding hydrogens is 397 g/mol. The Bertz CT molecular complexity index is 1040. The van der Waals surface area contributed by atoms with Gasteiger partial charge in [0.05, 0.1) is 14.2 Å². The van der Waals surface area contributed by atoms with Gasteiger partial charge in [-0.1, -0.05) is 12.1 Å². The molecule has 6 nitrogen and oxygen atoms in total. The standard InChI is InChI=1S/C24H24FN3O3/c1-28(15-17-4-3-5-19(25)14-17)16-23(29)26-20-8-6-18(7-9-20)24(30)27-21-10-12-22(31-2)13-11-21/h3-14H,15-16H2,1-2H3,(H,26,29)(H,27,30)/p+1. The van der Waals surface area contributed by atoms with Crippen LogP contribution in [0.3, 0.4) is 0 Å². The van der Waals surface area contributed by atoms with Crippen molar-refractivity contribution in [1.82, 2.24) is 0 Å². The summed E-state index contributed by atoms with van der Waals surface area (Å²) in [6.45, 7) is 0.770. The Morgan fingerprint density at radius 1 is 0.935 bits per heavy atom. The second kappa shape index (κ2) is 10.4. The third kappa shape index (κ3) is 6.65. The van der Waals surface area contributed by atoms with Gasteiger partial charge >= 0.3 is 0 Å². The summed E-state index contributed by atoms with van der Waals surface area (Å²) in [6.07, 6.45) is 0. The molecule has 3 aromatic rings. The number of hydrogen-bond donors (Lipinski definition) is 3. The molecule has 1 unspecified atom stereocenters. The van der Waals surface area contributed by atoms with Crippen molar-refractivity contribution in [2.24, 2.45) is 0 Å². The Labute approximate surface area is 180 Å². The molecule has 0 saturated carbocycles. The van der Waals surface area contributed by atoms with Crippen LogP contribution >= 0.6 is 0 Å². The van der Waals surface area contributed by atoms with Crippen LogP contribution in [0.5, 0.6) is 5.75 Å². The highest BCUT2D eigenvalue weighted by Gasteiger charge is 2.12. The molecule has 0 bridgehead atoms. The number of ether oxygens (including phenoxy) is 1. The van der Waals surface area contributed by atoms with Gasteiger partial charge in [0.1, 0.15) is 18.1 Å². The fourth-order valence-corrected chi connectivity index (χ4v) is 3.12. The lowest BCUT2D eigenvalue weighted by Crippen LogP contribution is -3.08. The van der Waals surface area contributed by atoms with Crippen LogP contribution in [0.25, 0.3) is 0 Å². The first-order valence-electron chi connectivity index (χ1n) is 9.84. The first kappa shape index (κ1) is 22.0. The average molecular weight is 422 g/mol. The fourth-order valence-electron chi connectivity index (χ4n) is 3.12. The predicted octanol–water partition coefficient (Wildman–Crippen LogP) is 2.74. The summed E-state index contributed by atoms with van der Waals surface area (Å²) in [6, 6.07) is 20.1. The number of benzene rings is 3. The van der Waals surface area contributed by atoms with Crippen molar-refractivity contribution in [2.45, 2.75) is 6.54 Å². The van der Waals surface area contributed by atoms with Gasteiger partial charge in [-0.15, -0.1) is 0 Å². The van der Waals surface area contributed by atoms with Crippen molar-refractivity contribution < 1.29 is 23.6 Å². The number of amides is 2. The number of carbonyl (C=O) groups is 2. The van der Waals surface area contributed by atoms with Gasteiger partial charge < -0.3 is 20.3 Å². The summed E-state index contributed by atoms with van der Waals surface area (Å²) < 4.78 is 18.4. The lowest BCUT2D eigenvalue weighted by Gasteiger charge is -2.14. The van der Waals surface area contributed by atoms with E-state index in [-0.39, 0.29) is 24.2 Å². The first-order valence-corrected chi connectivity index (χ1v) is 9.84. The number of nitrogens with one attached hydrogen (secondary N) is 3. The summed E-state index contributed by atoms with van der Waals surface area (Å²) in [7, 11) is 3.45. The molecule has 0 aliphatic carbocycles. The van der Waals surface area contributed by atoms with Gasteiger partial charge in [-0.2, -0.15) is 0 Å².